The molecular weight excluding hydrogens is 152 g/mol. The molecule has 0 aromatic carbocycles. The van der Waals surface area contributed by atoms with Gasteiger partial charge in [0.05, 0.1) is 0 Å². The molecule has 2 aromatic heterocycles. The predicted molar refractivity (Wildman–Crippen MR) is 46.5 cm³/mol. The average Bonchev–Trinajstić information content (AvgIpc) is 2.07. The second-order valence-electron chi connectivity index (χ2n) is 2.59. The summed E-state index contributed by atoms with van der Waals surface area (Å²) in [4.78, 5) is 12.2. The lowest BCUT2D eigenvalue weighted by Gasteiger charge is -1.99. The first-order chi connectivity index (χ1) is 5.77. The molecule has 0 fully saturated rings. The molecule has 4 heteroatoms. The highest BCUT2D eigenvalue weighted by Crippen LogP contribution is 2.12. The van der Waals surface area contributed by atoms with E-state index in [2.05, 4.69) is 15.0 Å². The fourth-order valence-electron chi connectivity index (χ4n) is 1.01. The molecule has 0 aliphatic carbocycles. The summed E-state index contributed by atoms with van der Waals surface area (Å²) >= 11 is 0. The van der Waals surface area contributed by atoms with Gasteiger partial charge in [-0.15, -0.1) is 0 Å². The number of rotatable bonds is 0. The van der Waals surface area contributed by atoms with Crippen molar-refractivity contribution in [1.82, 2.24) is 15.0 Å². The first-order valence-corrected chi connectivity index (χ1v) is 3.61. The van der Waals surface area contributed by atoms with E-state index in [0.29, 0.717) is 11.5 Å². The van der Waals surface area contributed by atoms with E-state index < -0.39 is 0 Å². The number of anilines is 1. The number of aryl methyl sites for hydroxylation is 1. The van der Waals surface area contributed by atoms with Crippen molar-refractivity contribution < 1.29 is 0 Å². The Labute approximate surface area is 69.5 Å². The molecule has 0 saturated heterocycles. The summed E-state index contributed by atoms with van der Waals surface area (Å²) in [6, 6.07) is 1.88. The van der Waals surface area contributed by atoms with Crippen LogP contribution in [0.25, 0.3) is 11.2 Å². The van der Waals surface area contributed by atoms with E-state index in [4.69, 9.17) is 5.73 Å². The molecule has 4 nitrogen and oxygen atoms in total. The zero-order chi connectivity index (χ0) is 8.55. The summed E-state index contributed by atoms with van der Waals surface area (Å²) in [6.45, 7) is 1.90. The molecule has 2 heterocycles. The Morgan fingerprint density at radius 1 is 1.25 bits per heavy atom. The van der Waals surface area contributed by atoms with Crippen LogP contribution in [0, 0.1) is 6.92 Å². The minimum absolute atomic E-state index is 0.517. The molecule has 0 amide bonds. The third-order valence-corrected chi connectivity index (χ3v) is 1.69. The van der Waals surface area contributed by atoms with Crippen molar-refractivity contribution >= 4 is 17.0 Å². The van der Waals surface area contributed by atoms with Gasteiger partial charge in [-0.05, 0) is 18.6 Å². The lowest BCUT2D eigenvalue weighted by Crippen LogP contribution is -1.96. The van der Waals surface area contributed by atoms with Crippen LogP contribution in [-0.4, -0.2) is 15.0 Å². The molecule has 0 spiro atoms. The zero-order valence-corrected chi connectivity index (χ0v) is 6.65. The number of nitrogens with two attached hydrogens (primary N) is 1. The van der Waals surface area contributed by atoms with Crippen molar-refractivity contribution in [3.8, 4) is 0 Å². The molecule has 2 N–H and O–H groups in total. The number of hydrogen-bond acceptors (Lipinski definition) is 4. The quantitative estimate of drug-likeness (QED) is 0.622. The normalized spacial score (nSPS) is 10.4. The minimum Gasteiger partial charge on any atom is -0.383 e. The average molecular weight is 160 g/mol. The topological polar surface area (TPSA) is 64.7 Å². The van der Waals surface area contributed by atoms with E-state index in [9.17, 15) is 0 Å². The Balaban J connectivity index is 2.84. The second-order valence-corrected chi connectivity index (χ2v) is 2.59. The molecule has 0 unspecified atom stereocenters. The van der Waals surface area contributed by atoms with E-state index in [1.807, 2.05) is 13.0 Å². The fraction of sp³-hybridized carbons (Fsp3) is 0.125. The monoisotopic (exact) mass is 160 g/mol. The largest absolute Gasteiger partial charge is 0.383 e. The summed E-state index contributed by atoms with van der Waals surface area (Å²) in [5.41, 5.74) is 7.92. The van der Waals surface area contributed by atoms with Gasteiger partial charge in [0.1, 0.15) is 11.3 Å². The zero-order valence-electron chi connectivity index (χ0n) is 6.65. The maximum absolute atomic E-state index is 5.61. The van der Waals surface area contributed by atoms with Crippen LogP contribution in [0.5, 0.6) is 0 Å². The van der Waals surface area contributed by atoms with Crippen LogP contribution >= 0.6 is 0 Å². The SMILES string of the molecule is Cc1cc2nccnc2nc1N. The number of nitrogens with zero attached hydrogens (tertiary/aromatic N) is 3. The van der Waals surface area contributed by atoms with Crippen molar-refractivity contribution in [3.63, 3.8) is 0 Å². The molecule has 0 atom stereocenters. The van der Waals surface area contributed by atoms with E-state index in [1.54, 1.807) is 12.4 Å². The maximum atomic E-state index is 5.61. The van der Waals surface area contributed by atoms with Gasteiger partial charge in [-0.3, -0.25) is 4.98 Å². The Kier molecular flexibility index (Phi) is 1.40. The summed E-state index contributed by atoms with van der Waals surface area (Å²) in [5.74, 6) is 0.517. The Bertz CT molecular complexity index is 384. The first-order valence-electron chi connectivity index (χ1n) is 3.61. The number of nitrogen functional groups attached to an aromatic ring is 1. The molecular formula is C8H8N4. The van der Waals surface area contributed by atoms with Crippen LogP contribution in [-0.2, 0) is 0 Å². The van der Waals surface area contributed by atoms with Gasteiger partial charge in [0.2, 0.25) is 0 Å². The van der Waals surface area contributed by atoms with Crippen LogP contribution < -0.4 is 5.73 Å². The van der Waals surface area contributed by atoms with Crippen LogP contribution in [0.1, 0.15) is 5.56 Å². The van der Waals surface area contributed by atoms with Crippen molar-refractivity contribution in [2.45, 2.75) is 6.92 Å². The third-order valence-electron chi connectivity index (χ3n) is 1.69. The van der Waals surface area contributed by atoms with Crippen molar-refractivity contribution in [3.05, 3.63) is 24.0 Å². The van der Waals surface area contributed by atoms with Crippen LogP contribution in [0.2, 0.25) is 0 Å². The van der Waals surface area contributed by atoms with Crippen molar-refractivity contribution in [2.24, 2.45) is 0 Å². The number of hydrogen-bond donors (Lipinski definition) is 1. The fourth-order valence-corrected chi connectivity index (χ4v) is 1.01. The van der Waals surface area contributed by atoms with E-state index in [1.165, 1.54) is 0 Å². The van der Waals surface area contributed by atoms with Crippen LogP contribution in [0.4, 0.5) is 5.82 Å². The second kappa shape index (κ2) is 2.41. The molecule has 0 aliphatic rings. The summed E-state index contributed by atoms with van der Waals surface area (Å²) < 4.78 is 0. The van der Waals surface area contributed by atoms with Crippen molar-refractivity contribution in [1.29, 1.82) is 0 Å². The number of pyridine rings is 1. The molecule has 0 bridgehead atoms. The van der Waals surface area contributed by atoms with E-state index in [0.717, 1.165) is 11.1 Å². The maximum Gasteiger partial charge on any atom is 0.180 e. The van der Waals surface area contributed by atoms with E-state index in [-0.39, 0.29) is 0 Å². The Hall–Kier alpha value is -1.71. The summed E-state index contributed by atoms with van der Waals surface area (Å²) in [6.07, 6.45) is 3.24. The molecule has 2 rings (SSSR count). The van der Waals surface area contributed by atoms with Gasteiger partial charge in [-0.25, -0.2) is 9.97 Å². The Morgan fingerprint density at radius 3 is 2.83 bits per heavy atom. The van der Waals surface area contributed by atoms with Gasteiger partial charge in [-0.2, -0.15) is 0 Å². The van der Waals surface area contributed by atoms with Gasteiger partial charge in [0.15, 0.2) is 5.65 Å². The highest BCUT2D eigenvalue weighted by molar-refractivity contribution is 5.72. The molecule has 0 saturated carbocycles. The van der Waals surface area contributed by atoms with Crippen LogP contribution in [0.15, 0.2) is 18.5 Å². The van der Waals surface area contributed by atoms with Crippen molar-refractivity contribution in [2.75, 3.05) is 5.73 Å². The Morgan fingerprint density at radius 2 is 2.00 bits per heavy atom. The van der Waals surface area contributed by atoms with Gasteiger partial charge in [0.25, 0.3) is 0 Å². The molecule has 60 valence electrons. The standard InChI is InChI=1S/C8H8N4/c1-5-4-6-8(12-7(5)9)11-3-2-10-6/h2-4H,1H3,(H2,9,11,12). The lowest BCUT2D eigenvalue weighted by molar-refractivity contribution is 1.21. The third kappa shape index (κ3) is 0.972. The van der Waals surface area contributed by atoms with Gasteiger partial charge >= 0.3 is 0 Å². The van der Waals surface area contributed by atoms with Gasteiger partial charge in [0, 0.05) is 12.4 Å². The first kappa shape index (κ1) is 6.97. The highest BCUT2D eigenvalue weighted by Gasteiger charge is 1.99. The van der Waals surface area contributed by atoms with Gasteiger partial charge in [-0.1, -0.05) is 0 Å². The molecule has 12 heavy (non-hydrogen) atoms. The minimum atomic E-state index is 0.517. The molecule has 0 aliphatic heterocycles. The molecule has 0 radical (unpaired) electrons. The highest BCUT2D eigenvalue weighted by atomic mass is 14.9. The smallest absolute Gasteiger partial charge is 0.180 e. The molecule has 2 aromatic rings. The lowest BCUT2D eigenvalue weighted by atomic mass is 10.3. The van der Waals surface area contributed by atoms with Crippen LogP contribution in [0.3, 0.4) is 0 Å². The summed E-state index contributed by atoms with van der Waals surface area (Å²) in [7, 11) is 0. The van der Waals surface area contributed by atoms with Gasteiger partial charge < -0.3 is 5.73 Å². The number of fused-ring (bicyclic) bond motifs is 1. The van der Waals surface area contributed by atoms with E-state index >= 15 is 0 Å². The summed E-state index contributed by atoms with van der Waals surface area (Å²) in [5, 5.41) is 0. The number of aromatic nitrogens is 3. The predicted octanol–water partition coefficient (Wildman–Crippen LogP) is 0.915.